The summed E-state index contributed by atoms with van der Waals surface area (Å²) >= 11 is 0. The van der Waals surface area contributed by atoms with Crippen LogP contribution in [0.1, 0.15) is 25.0 Å². The molecule has 0 fully saturated rings. The number of benzene rings is 8. The van der Waals surface area contributed by atoms with Gasteiger partial charge >= 0.3 is 0 Å². The first-order chi connectivity index (χ1) is 22.6. The van der Waals surface area contributed by atoms with Crippen LogP contribution in [0.5, 0.6) is 0 Å². The molecule has 0 aromatic heterocycles. The Morgan fingerprint density at radius 1 is 0.370 bits per heavy atom. The van der Waals surface area contributed by atoms with E-state index in [0.717, 1.165) is 17.1 Å². The molecular formula is C45H33N. The highest BCUT2D eigenvalue weighted by Crippen LogP contribution is 2.50. The lowest BCUT2D eigenvalue weighted by Crippen LogP contribution is -2.14. The molecule has 1 aliphatic carbocycles. The maximum absolute atomic E-state index is 2.46. The maximum atomic E-state index is 2.46. The summed E-state index contributed by atoms with van der Waals surface area (Å²) in [6.45, 7) is 4.72. The number of fused-ring (bicyclic) bond motifs is 7. The van der Waals surface area contributed by atoms with Crippen molar-refractivity contribution < 1.29 is 0 Å². The molecule has 0 atom stereocenters. The van der Waals surface area contributed by atoms with Crippen LogP contribution in [0.2, 0.25) is 0 Å². The fourth-order valence-corrected chi connectivity index (χ4v) is 7.69. The SMILES string of the molecule is CC1(C)c2ccccc2-c2cc3ccc4cc(-c5cccc6cc(N(c7ccccc7)c7ccccc7)ccc56)ccc4c3cc21. The molecule has 0 unspecified atom stereocenters. The molecule has 1 nitrogen and oxygen atoms in total. The first kappa shape index (κ1) is 26.7. The normalized spacial score (nSPS) is 13.2. The van der Waals surface area contributed by atoms with Crippen LogP contribution in [0.25, 0.3) is 54.6 Å². The van der Waals surface area contributed by atoms with E-state index in [4.69, 9.17) is 0 Å². The van der Waals surface area contributed by atoms with Crippen molar-refractivity contribution >= 4 is 49.4 Å². The van der Waals surface area contributed by atoms with Crippen molar-refractivity contribution in [2.75, 3.05) is 4.90 Å². The fourth-order valence-electron chi connectivity index (χ4n) is 7.69. The predicted octanol–water partition coefficient (Wildman–Crippen LogP) is 12.6. The van der Waals surface area contributed by atoms with Crippen LogP contribution in [0.4, 0.5) is 17.1 Å². The first-order valence-electron chi connectivity index (χ1n) is 16.1. The first-order valence-corrected chi connectivity index (χ1v) is 16.1. The molecule has 0 saturated heterocycles. The molecule has 1 heteroatoms. The summed E-state index contributed by atoms with van der Waals surface area (Å²) in [4.78, 5) is 2.32. The Labute approximate surface area is 270 Å². The van der Waals surface area contributed by atoms with E-state index in [0.29, 0.717) is 0 Å². The Bertz CT molecular complexity index is 2400. The quantitative estimate of drug-likeness (QED) is 0.185. The lowest BCUT2D eigenvalue weighted by molar-refractivity contribution is 0.661. The molecular weight excluding hydrogens is 555 g/mol. The standard InChI is InChI=1S/C45H33N/c1-45(2)43-19-10-9-17-40(43)42-28-33-21-20-31-26-32(22-24-39(31)41(33)29-44(42)45)37-18-11-12-30-27-36(23-25-38(30)37)46(34-13-5-3-6-14-34)35-15-7-4-8-16-35/h3-29H,1-2H3. The molecule has 0 N–H and O–H groups in total. The highest BCUT2D eigenvalue weighted by atomic mass is 15.1. The van der Waals surface area contributed by atoms with Gasteiger partial charge in [0.1, 0.15) is 0 Å². The summed E-state index contributed by atoms with van der Waals surface area (Å²) < 4.78 is 0. The van der Waals surface area contributed by atoms with Gasteiger partial charge in [-0.2, -0.15) is 0 Å². The van der Waals surface area contributed by atoms with Crippen LogP contribution in [0.15, 0.2) is 164 Å². The van der Waals surface area contributed by atoms with Crippen molar-refractivity contribution in [2.45, 2.75) is 19.3 Å². The van der Waals surface area contributed by atoms with Gasteiger partial charge in [-0.25, -0.2) is 0 Å². The van der Waals surface area contributed by atoms with E-state index in [-0.39, 0.29) is 5.41 Å². The average molecular weight is 588 g/mol. The van der Waals surface area contributed by atoms with Gasteiger partial charge < -0.3 is 4.90 Å². The minimum Gasteiger partial charge on any atom is -0.310 e. The number of anilines is 3. The van der Waals surface area contributed by atoms with Gasteiger partial charge in [0.05, 0.1) is 0 Å². The van der Waals surface area contributed by atoms with E-state index >= 15 is 0 Å². The zero-order chi connectivity index (χ0) is 30.8. The molecule has 0 bridgehead atoms. The van der Waals surface area contributed by atoms with Crippen molar-refractivity contribution in [3.63, 3.8) is 0 Å². The maximum Gasteiger partial charge on any atom is 0.0468 e. The topological polar surface area (TPSA) is 3.24 Å². The molecule has 0 radical (unpaired) electrons. The summed E-state index contributed by atoms with van der Waals surface area (Å²) in [6.07, 6.45) is 0. The monoisotopic (exact) mass is 587 g/mol. The zero-order valence-corrected chi connectivity index (χ0v) is 26.0. The Morgan fingerprint density at radius 3 is 1.76 bits per heavy atom. The third kappa shape index (κ3) is 4.09. The van der Waals surface area contributed by atoms with Crippen LogP contribution in [-0.2, 0) is 5.41 Å². The summed E-state index contributed by atoms with van der Waals surface area (Å²) in [5.41, 5.74) is 11.5. The minimum absolute atomic E-state index is 0.0133. The minimum atomic E-state index is -0.0133. The molecule has 46 heavy (non-hydrogen) atoms. The molecule has 218 valence electrons. The van der Waals surface area contributed by atoms with Crippen LogP contribution in [0.3, 0.4) is 0 Å². The zero-order valence-electron chi connectivity index (χ0n) is 26.0. The van der Waals surface area contributed by atoms with Crippen molar-refractivity contribution in [3.05, 3.63) is 175 Å². The summed E-state index contributed by atoms with van der Waals surface area (Å²) in [5.74, 6) is 0. The second kappa shape index (κ2) is 10.2. The van der Waals surface area contributed by atoms with E-state index in [1.165, 1.54) is 65.7 Å². The Hall–Kier alpha value is -5.66. The van der Waals surface area contributed by atoms with Gasteiger partial charge in [-0.05, 0) is 120 Å². The summed E-state index contributed by atoms with van der Waals surface area (Å²) in [7, 11) is 0. The van der Waals surface area contributed by atoms with Gasteiger partial charge in [0.15, 0.2) is 0 Å². The van der Waals surface area contributed by atoms with E-state index in [1.54, 1.807) is 0 Å². The molecule has 9 rings (SSSR count). The van der Waals surface area contributed by atoms with Gasteiger partial charge in [-0.15, -0.1) is 0 Å². The van der Waals surface area contributed by atoms with Crippen LogP contribution < -0.4 is 4.90 Å². The Balaban J connectivity index is 1.15. The second-order valence-electron chi connectivity index (χ2n) is 13.0. The number of para-hydroxylation sites is 2. The average Bonchev–Trinajstić information content (AvgIpc) is 3.33. The lowest BCUT2D eigenvalue weighted by Gasteiger charge is -2.26. The van der Waals surface area contributed by atoms with E-state index < -0.39 is 0 Å². The van der Waals surface area contributed by atoms with Crippen LogP contribution >= 0.6 is 0 Å². The van der Waals surface area contributed by atoms with Gasteiger partial charge in [0.25, 0.3) is 0 Å². The molecule has 1 aliphatic rings. The number of nitrogens with zero attached hydrogens (tertiary/aromatic N) is 1. The molecule has 0 heterocycles. The molecule has 8 aromatic carbocycles. The molecule has 8 aromatic rings. The molecule has 0 spiro atoms. The second-order valence-corrected chi connectivity index (χ2v) is 13.0. The Morgan fingerprint density at radius 2 is 1.00 bits per heavy atom. The van der Waals surface area contributed by atoms with Crippen molar-refractivity contribution in [2.24, 2.45) is 0 Å². The fraction of sp³-hybridized carbons (Fsp3) is 0.0667. The van der Waals surface area contributed by atoms with E-state index in [1.807, 2.05) is 0 Å². The highest BCUT2D eigenvalue weighted by molar-refractivity contribution is 6.11. The molecule has 0 aliphatic heterocycles. The third-order valence-corrected chi connectivity index (χ3v) is 10.00. The van der Waals surface area contributed by atoms with Gasteiger partial charge in [-0.3, -0.25) is 0 Å². The van der Waals surface area contributed by atoms with Crippen molar-refractivity contribution in [1.29, 1.82) is 0 Å². The third-order valence-electron chi connectivity index (χ3n) is 10.00. The lowest BCUT2D eigenvalue weighted by atomic mass is 9.81. The number of hydrogen-bond acceptors (Lipinski definition) is 1. The number of rotatable bonds is 4. The van der Waals surface area contributed by atoms with Crippen molar-refractivity contribution in [3.8, 4) is 22.3 Å². The molecule has 0 saturated carbocycles. The van der Waals surface area contributed by atoms with Gasteiger partial charge in [-0.1, -0.05) is 123 Å². The Kier molecular flexibility index (Phi) is 5.92. The van der Waals surface area contributed by atoms with Crippen LogP contribution in [0, 0.1) is 0 Å². The predicted molar refractivity (Wildman–Crippen MR) is 197 cm³/mol. The van der Waals surface area contributed by atoms with Crippen molar-refractivity contribution in [1.82, 2.24) is 0 Å². The van der Waals surface area contributed by atoms with Gasteiger partial charge in [0.2, 0.25) is 0 Å². The van der Waals surface area contributed by atoms with E-state index in [2.05, 4.69) is 183 Å². The summed E-state index contributed by atoms with van der Waals surface area (Å²) in [6, 6.07) is 60.0. The van der Waals surface area contributed by atoms with Gasteiger partial charge in [0, 0.05) is 22.5 Å². The highest BCUT2D eigenvalue weighted by Gasteiger charge is 2.35. The van der Waals surface area contributed by atoms with E-state index in [9.17, 15) is 0 Å². The van der Waals surface area contributed by atoms with Crippen LogP contribution in [-0.4, -0.2) is 0 Å². The molecule has 0 amide bonds. The smallest absolute Gasteiger partial charge is 0.0468 e. The largest absolute Gasteiger partial charge is 0.310 e. The summed E-state index contributed by atoms with van der Waals surface area (Å²) in [5, 5.41) is 7.68. The number of hydrogen-bond donors (Lipinski definition) is 0.